The van der Waals surface area contributed by atoms with Gasteiger partial charge in [-0.05, 0) is 30.3 Å². The molecule has 128 valence electrons. The molecule has 3 N–H and O–H groups in total. The Hall–Kier alpha value is -2.27. The van der Waals surface area contributed by atoms with Crippen LogP contribution >= 0.6 is 12.2 Å². The maximum absolute atomic E-state index is 12.3. The summed E-state index contributed by atoms with van der Waals surface area (Å²) in [5, 5.41) is 9.15. The quantitative estimate of drug-likeness (QED) is 0.214. The molecule has 2 aromatic rings. The van der Waals surface area contributed by atoms with Crippen LogP contribution in [0.15, 0.2) is 53.4 Å². The van der Waals surface area contributed by atoms with E-state index in [2.05, 4.69) is 18.7 Å². The van der Waals surface area contributed by atoms with E-state index in [1.807, 2.05) is 0 Å². The molecule has 2 aromatic carbocycles. The third kappa shape index (κ3) is 4.86. The van der Waals surface area contributed by atoms with Gasteiger partial charge in [-0.25, -0.2) is 18.1 Å². The summed E-state index contributed by atoms with van der Waals surface area (Å²) < 4.78 is 34.2. The summed E-state index contributed by atoms with van der Waals surface area (Å²) in [5.41, 5.74) is 0.325. The van der Waals surface area contributed by atoms with Crippen LogP contribution in [0.2, 0.25) is 0 Å². The summed E-state index contributed by atoms with van der Waals surface area (Å²) >= 11 is 0.707. The van der Waals surface area contributed by atoms with Crippen molar-refractivity contribution in [1.82, 2.24) is 0 Å². The number of sulfonamides is 1. The predicted octanol–water partition coefficient (Wildman–Crippen LogP) is 2.74. The Kier molecular flexibility index (Phi) is 6.04. The number of benzene rings is 2. The van der Waals surface area contributed by atoms with Gasteiger partial charge in [-0.2, -0.15) is 0 Å². The summed E-state index contributed by atoms with van der Waals surface area (Å²) in [4.78, 5) is 15.7. The van der Waals surface area contributed by atoms with E-state index >= 15 is 0 Å². The van der Waals surface area contributed by atoms with Gasteiger partial charge in [0.05, 0.1) is 23.3 Å². The average Bonchev–Trinajstić information content (AvgIpc) is 2.55. The molecular formula is C14H14N2O6S2. The van der Waals surface area contributed by atoms with Crippen LogP contribution in [0.5, 0.6) is 0 Å². The molecule has 0 aliphatic heterocycles. The molecule has 0 saturated heterocycles. The van der Waals surface area contributed by atoms with Crippen molar-refractivity contribution >= 4 is 39.6 Å². The summed E-state index contributed by atoms with van der Waals surface area (Å²) in [6, 6.07) is 11.7. The van der Waals surface area contributed by atoms with Gasteiger partial charge < -0.3 is 9.83 Å². The van der Waals surface area contributed by atoms with E-state index in [0.29, 0.717) is 17.9 Å². The molecule has 0 fully saturated rings. The fourth-order valence-electron chi connectivity index (χ4n) is 1.78. The Morgan fingerprint density at radius 3 is 2.42 bits per heavy atom. The van der Waals surface area contributed by atoms with Gasteiger partial charge in [0.25, 0.3) is 10.0 Å². The molecule has 2 rings (SSSR count). The monoisotopic (exact) mass is 370 g/mol. The third-order valence-corrected chi connectivity index (χ3v) is 4.67. The molecule has 0 aliphatic rings. The number of nitrogens with one attached hydrogen (secondary N) is 2. The molecule has 24 heavy (non-hydrogen) atoms. The molecule has 0 heterocycles. The second-order valence-corrected chi connectivity index (χ2v) is 6.63. The van der Waals surface area contributed by atoms with Gasteiger partial charge in [-0.1, -0.05) is 18.2 Å². The molecule has 0 atom stereocenters. The van der Waals surface area contributed by atoms with Crippen LogP contribution in [0.4, 0.5) is 11.4 Å². The lowest BCUT2D eigenvalue weighted by Crippen LogP contribution is -2.13. The highest BCUT2D eigenvalue weighted by molar-refractivity contribution is 7.95. The second kappa shape index (κ2) is 8.02. The smallest absolute Gasteiger partial charge is 0.335 e. The van der Waals surface area contributed by atoms with E-state index in [0.717, 1.165) is 0 Å². The summed E-state index contributed by atoms with van der Waals surface area (Å²) in [7, 11) is -2.52. The lowest BCUT2D eigenvalue weighted by Gasteiger charge is -2.11. The van der Waals surface area contributed by atoms with Gasteiger partial charge in [0.1, 0.15) is 12.2 Å². The number of hydrogen-bond acceptors (Lipinski definition) is 7. The van der Waals surface area contributed by atoms with Crippen LogP contribution in [0, 0.1) is 0 Å². The minimum absolute atomic E-state index is 0.0670. The molecule has 0 radical (unpaired) electrons. The minimum Gasteiger partial charge on any atom is -0.478 e. The minimum atomic E-state index is -3.83. The van der Waals surface area contributed by atoms with Crippen molar-refractivity contribution in [1.29, 1.82) is 0 Å². The van der Waals surface area contributed by atoms with Crippen molar-refractivity contribution in [2.75, 3.05) is 16.6 Å². The molecule has 0 unspecified atom stereocenters. The first-order valence-electron chi connectivity index (χ1n) is 6.51. The highest BCUT2D eigenvalue weighted by atomic mass is 32.2. The Balaban J connectivity index is 2.30. The standard InChI is InChI=1S/C14H14N2O6S2/c1-21-22-23-15-11-7-10(14(17)18)8-12(9-11)16-24(19,20)13-5-3-2-4-6-13/h2-9,15-16H,1H3,(H,17,18). The molecule has 0 amide bonds. The summed E-state index contributed by atoms with van der Waals surface area (Å²) in [6.45, 7) is 0. The van der Waals surface area contributed by atoms with Gasteiger partial charge in [-0.3, -0.25) is 4.72 Å². The first-order valence-corrected chi connectivity index (χ1v) is 8.73. The highest BCUT2D eigenvalue weighted by Gasteiger charge is 2.15. The molecule has 0 bridgehead atoms. The Morgan fingerprint density at radius 1 is 1.12 bits per heavy atom. The largest absolute Gasteiger partial charge is 0.478 e. The second-order valence-electron chi connectivity index (χ2n) is 4.44. The number of hydrogen-bond donors (Lipinski definition) is 3. The number of aromatic carboxylic acids is 1. The normalized spacial score (nSPS) is 11.0. The molecule has 0 aliphatic carbocycles. The molecule has 0 aromatic heterocycles. The molecule has 0 spiro atoms. The number of carbonyl (C=O) groups is 1. The van der Waals surface area contributed by atoms with Crippen LogP contribution in [0.1, 0.15) is 10.4 Å². The van der Waals surface area contributed by atoms with Gasteiger partial charge >= 0.3 is 5.97 Å². The van der Waals surface area contributed by atoms with E-state index < -0.39 is 16.0 Å². The van der Waals surface area contributed by atoms with Crippen LogP contribution < -0.4 is 9.44 Å². The van der Waals surface area contributed by atoms with Crippen molar-refractivity contribution in [3.8, 4) is 0 Å². The number of carboxylic acids is 1. The van der Waals surface area contributed by atoms with Crippen LogP contribution in [0.25, 0.3) is 0 Å². The van der Waals surface area contributed by atoms with Crippen LogP contribution in [-0.4, -0.2) is 26.6 Å². The van der Waals surface area contributed by atoms with Crippen LogP contribution in [-0.2, 0) is 19.2 Å². The van der Waals surface area contributed by atoms with Gasteiger partial charge in [0.15, 0.2) is 0 Å². The third-order valence-electron chi connectivity index (χ3n) is 2.75. The lowest BCUT2D eigenvalue weighted by molar-refractivity contribution is -0.159. The fourth-order valence-corrected chi connectivity index (χ4v) is 3.16. The van der Waals surface area contributed by atoms with Gasteiger partial charge in [-0.15, -0.1) is 4.33 Å². The lowest BCUT2D eigenvalue weighted by atomic mass is 10.2. The summed E-state index contributed by atoms with van der Waals surface area (Å²) in [5.74, 6) is -1.20. The Bertz CT molecular complexity index is 811. The average molecular weight is 370 g/mol. The number of rotatable bonds is 8. The molecule has 0 saturated carbocycles. The highest BCUT2D eigenvalue weighted by Crippen LogP contribution is 2.24. The van der Waals surface area contributed by atoms with Crippen LogP contribution in [0.3, 0.4) is 0 Å². The van der Waals surface area contributed by atoms with Crippen molar-refractivity contribution < 1.29 is 27.5 Å². The van der Waals surface area contributed by atoms with Gasteiger partial charge in [0.2, 0.25) is 0 Å². The number of carboxylic acid groups (broad SMARTS) is 1. The van der Waals surface area contributed by atoms with Crippen molar-refractivity contribution in [2.24, 2.45) is 0 Å². The summed E-state index contributed by atoms with van der Waals surface area (Å²) in [6.07, 6.45) is 0. The van der Waals surface area contributed by atoms with E-state index in [9.17, 15) is 13.2 Å². The maximum atomic E-state index is 12.3. The Labute approximate surface area is 143 Å². The zero-order chi connectivity index (χ0) is 17.6. The maximum Gasteiger partial charge on any atom is 0.335 e. The van der Waals surface area contributed by atoms with E-state index in [-0.39, 0.29) is 16.1 Å². The first-order chi connectivity index (χ1) is 11.4. The topological polar surface area (TPSA) is 114 Å². The molecule has 8 nitrogen and oxygen atoms in total. The van der Waals surface area contributed by atoms with Crippen molar-refractivity contribution in [3.63, 3.8) is 0 Å². The zero-order valence-corrected chi connectivity index (χ0v) is 14.1. The molecule has 10 heteroatoms. The Morgan fingerprint density at radius 2 is 1.79 bits per heavy atom. The van der Waals surface area contributed by atoms with E-state index in [1.165, 1.54) is 37.4 Å². The first kappa shape index (κ1) is 18.1. The van der Waals surface area contributed by atoms with E-state index in [4.69, 9.17) is 5.11 Å². The van der Waals surface area contributed by atoms with E-state index in [1.54, 1.807) is 18.2 Å². The van der Waals surface area contributed by atoms with Crippen molar-refractivity contribution in [3.05, 3.63) is 54.1 Å². The SMILES string of the molecule is COOSNc1cc(NS(=O)(=O)c2ccccc2)cc(C(=O)O)c1. The molecular weight excluding hydrogens is 356 g/mol. The number of anilines is 2. The van der Waals surface area contributed by atoms with Crippen molar-refractivity contribution in [2.45, 2.75) is 4.90 Å². The van der Waals surface area contributed by atoms with Gasteiger partial charge in [0, 0.05) is 5.69 Å². The fraction of sp³-hybridized carbons (Fsp3) is 0.0714. The predicted molar refractivity (Wildman–Crippen MR) is 90.0 cm³/mol. The zero-order valence-electron chi connectivity index (χ0n) is 12.4.